The van der Waals surface area contributed by atoms with Gasteiger partial charge in [0.15, 0.2) is 0 Å². The summed E-state index contributed by atoms with van der Waals surface area (Å²) in [6.45, 7) is 6.63. The predicted molar refractivity (Wildman–Crippen MR) is 121 cm³/mol. The van der Waals surface area contributed by atoms with Gasteiger partial charge < -0.3 is 16.4 Å². The third-order valence-corrected chi connectivity index (χ3v) is 4.89. The van der Waals surface area contributed by atoms with Crippen molar-refractivity contribution in [1.29, 1.82) is 0 Å². The Morgan fingerprint density at radius 1 is 1.07 bits per heavy atom. The summed E-state index contributed by atoms with van der Waals surface area (Å²) in [5.41, 5.74) is 7.32. The molecule has 0 aliphatic rings. The maximum absolute atomic E-state index is 12.0. The lowest BCUT2D eigenvalue weighted by molar-refractivity contribution is -0.122. The van der Waals surface area contributed by atoms with Crippen LogP contribution in [-0.4, -0.2) is 18.0 Å². The van der Waals surface area contributed by atoms with E-state index >= 15 is 0 Å². The molecule has 0 radical (unpaired) electrons. The quantitative estimate of drug-likeness (QED) is 0.514. The van der Waals surface area contributed by atoms with Crippen molar-refractivity contribution in [3.8, 4) is 0 Å². The fraction of sp³-hybridized carbons (Fsp3) is 0.409. The molecule has 0 aromatic heterocycles. The second-order valence-corrected chi connectivity index (χ2v) is 7.55. The van der Waals surface area contributed by atoms with E-state index in [1.807, 2.05) is 44.2 Å². The van der Waals surface area contributed by atoms with Gasteiger partial charge in [0.05, 0.1) is 10.0 Å². The van der Waals surface area contributed by atoms with Crippen LogP contribution in [0.5, 0.6) is 0 Å². The number of rotatable bonds is 8. The standard InChI is InChI=1S/C15H22Cl2N2O.C7H9N/c1-4-5-6-10(2)18-15(20)11(3)19-12-7-8-13(16)14(17)9-12;8-6-7-4-2-1-3-5-7/h7-11,19H,4-6H2,1-3H3,(H,18,20);1-5H,6,8H2/t10-,11?;/m0./s1. The molecule has 2 rings (SSSR count). The Kier molecular flexibility index (Phi) is 11.7. The lowest BCUT2D eigenvalue weighted by Crippen LogP contribution is -2.42. The number of unbranched alkanes of at least 4 members (excludes halogenated alkanes) is 1. The molecule has 0 saturated carbocycles. The van der Waals surface area contributed by atoms with Gasteiger partial charge in [-0.25, -0.2) is 0 Å². The molecule has 0 saturated heterocycles. The first kappa shape index (κ1) is 24.3. The van der Waals surface area contributed by atoms with Crippen LogP contribution in [0.15, 0.2) is 48.5 Å². The van der Waals surface area contributed by atoms with Crippen LogP contribution in [0.3, 0.4) is 0 Å². The first-order chi connectivity index (χ1) is 13.4. The summed E-state index contributed by atoms with van der Waals surface area (Å²) in [6, 6.07) is 15.1. The molecule has 2 atom stereocenters. The summed E-state index contributed by atoms with van der Waals surface area (Å²) in [5, 5.41) is 7.09. The Labute approximate surface area is 178 Å². The van der Waals surface area contributed by atoms with E-state index in [1.165, 1.54) is 5.56 Å². The lowest BCUT2D eigenvalue weighted by Gasteiger charge is -2.19. The molecule has 4 nitrogen and oxygen atoms in total. The zero-order valence-electron chi connectivity index (χ0n) is 16.8. The summed E-state index contributed by atoms with van der Waals surface area (Å²) in [6.07, 6.45) is 3.26. The van der Waals surface area contributed by atoms with Crippen molar-refractivity contribution in [2.75, 3.05) is 5.32 Å². The molecule has 154 valence electrons. The normalized spacial score (nSPS) is 12.4. The highest BCUT2D eigenvalue weighted by Crippen LogP contribution is 2.25. The van der Waals surface area contributed by atoms with Gasteiger partial charge in [-0.1, -0.05) is 73.3 Å². The van der Waals surface area contributed by atoms with Crippen LogP contribution in [0.25, 0.3) is 0 Å². The first-order valence-electron chi connectivity index (χ1n) is 9.63. The number of nitrogens with two attached hydrogens (primary N) is 1. The Hall–Kier alpha value is -1.75. The molecule has 0 spiro atoms. The minimum Gasteiger partial charge on any atom is -0.374 e. The van der Waals surface area contributed by atoms with Gasteiger partial charge in [-0.05, 0) is 44.0 Å². The summed E-state index contributed by atoms with van der Waals surface area (Å²) < 4.78 is 0. The van der Waals surface area contributed by atoms with Gasteiger partial charge >= 0.3 is 0 Å². The van der Waals surface area contributed by atoms with Crippen molar-refractivity contribution < 1.29 is 4.79 Å². The zero-order chi connectivity index (χ0) is 20.9. The molecule has 0 aliphatic heterocycles. The van der Waals surface area contributed by atoms with E-state index in [0.717, 1.165) is 24.9 Å². The van der Waals surface area contributed by atoms with E-state index in [-0.39, 0.29) is 18.0 Å². The van der Waals surface area contributed by atoms with E-state index in [1.54, 1.807) is 18.2 Å². The van der Waals surface area contributed by atoms with E-state index in [4.69, 9.17) is 28.9 Å². The van der Waals surface area contributed by atoms with Crippen molar-refractivity contribution in [3.63, 3.8) is 0 Å². The van der Waals surface area contributed by atoms with Crippen molar-refractivity contribution in [2.45, 2.75) is 58.7 Å². The molecule has 4 N–H and O–H groups in total. The number of amides is 1. The van der Waals surface area contributed by atoms with E-state index < -0.39 is 0 Å². The highest BCUT2D eigenvalue weighted by molar-refractivity contribution is 6.42. The highest BCUT2D eigenvalue weighted by atomic mass is 35.5. The molecule has 1 unspecified atom stereocenters. The van der Waals surface area contributed by atoms with Crippen LogP contribution in [0.1, 0.15) is 45.6 Å². The van der Waals surface area contributed by atoms with Gasteiger partial charge in [0.25, 0.3) is 0 Å². The molecular formula is C22H31Cl2N3O. The number of nitrogens with one attached hydrogen (secondary N) is 2. The Bertz CT molecular complexity index is 710. The molecule has 0 heterocycles. The molecule has 0 bridgehead atoms. The number of carbonyl (C=O) groups is 1. The zero-order valence-corrected chi connectivity index (χ0v) is 18.4. The van der Waals surface area contributed by atoms with Gasteiger partial charge in [-0.3, -0.25) is 4.79 Å². The minimum atomic E-state index is -0.323. The van der Waals surface area contributed by atoms with Crippen molar-refractivity contribution in [1.82, 2.24) is 5.32 Å². The number of halogens is 2. The molecule has 0 aliphatic carbocycles. The smallest absolute Gasteiger partial charge is 0.242 e. The molecular weight excluding hydrogens is 393 g/mol. The van der Waals surface area contributed by atoms with Crippen LogP contribution < -0.4 is 16.4 Å². The Morgan fingerprint density at radius 2 is 1.75 bits per heavy atom. The molecule has 0 fully saturated rings. The molecule has 28 heavy (non-hydrogen) atoms. The van der Waals surface area contributed by atoms with Crippen LogP contribution in [0.4, 0.5) is 5.69 Å². The van der Waals surface area contributed by atoms with Gasteiger partial charge in [0.2, 0.25) is 5.91 Å². The van der Waals surface area contributed by atoms with Crippen LogP contribution >= 0.6 is 23.2 Å². The SMILES string of the molecule is CCCC[C@H](C)NC(=O)C(C)Nc1ccc(Cl)c(Cl)c1.NCc1ccccc1. The fourth-order valence-corrected chi connectivity index (χ4v) is 2.76. The minimum absolute atomic E-state index is 0.0142. The van der Waals surface area contributed by atoms with Crippen molar-refractivity contribution in [3.05, 3.63) is 64.1 Å². The second-order valence-electron chi connectivity index (χ2n) is 6.74. The van der Waals surface area contributed by atoms with Crippen molar-refractivity contribution in [2.24, 2.45) is 5.73 Å². The van der Waals surface area contributed by atoms with Crippen LogP contribution in [0, 0.1) is 0 Å². The summed E-state index contributed by atoms with van der Waals surface area (Å²) in [4.78, 5) is 12.0. The largest absolute Gasteiger partial charge is 0.374 e. The van der Waals surface area contributed by atoms with Gasteiger partial charge in [0.1, 0.15) is 6.04 Å². The summed E-state index contributed by atoms with van der Waals surface area (Å²) in [5.74, 6) is -0.0142. The number of hydrogen-bond donors (Lipinski definition) is 3. The Balaban J connectivity index is 0.000000406. The lowest BCUT2D eigenvalue weighted by atomic mass is 10.1. The third kappa shape index (κ3) is 9.45. The van der Waals surface area contributed by atoms with Gasteiger partial charge in [0, 0.05) is 18.3 Å². The Morgan fingerprint density at radius 3 is 2.29 bits per heavy atom. The third-order valence-electron chi connectivity index (χ3n) is 4.15. The fourth-order valence-electron chi connectivity index (χ4n) is 2.47. The van der Waals surface area contributed by atoms with Gasteiger partial charge in [-0.2, -0.15) is 0 Å². The van der Waals surface area contributed by atoms with E-state index in [9.17, 15) is 4.79 Å². The topological polar surface area (TPSA) is 67.2 Å². The summed E-state index contributed by atoms with van der Waals surface area (Å²) in [7, 11) is 0. The second kappa shape index (κ2) is 13.4. The maximum Gasteiger partial charge on any atom is 0.242 e. The number of benzene rings is 2. The molecule has 6 heteroatoms. The number of anilines is 1. The average Bonchev–Trinajstić information content (AvgIpc) is 2.70. The molecule has 1 amide bonds. The van der Waals surface area contributed by atoms with E-state index in [0.29, 0.717) is 16.6 Å². The average molecular weight is 424 g/mol. The van der Waals surface area contributed by atoms with Crippen molar-refractivity contribution >= 4 is 34.8 Å². The first-order valence-corrected chi connectivity index (χ1v) is 10.4. The maximum atomic E-state index is 12.0. The summed E-state index contributed by atoms with van der Waals surface area (Å²) >= 11 is 11.8. The van der Waals surface area contributed by atoms with Crippen LogP contribution in [0.2, 0.25) is 10.0 Å². The molecule has 2 aromatic rings. The molecule has 2 aromatic carbocycles. The number of carbonyl (C=O) groups excluding carboxylic acids is 1. The monoisotopic (exact) mass is 423 g/mol. The van der Waals surface area contributed by atoms with E-state index in [2.05, 4.69) is 17.6 Å². The predicted octanol–water partition coefficient (Wildman–Crippen LogP) is 5.63. The number of hydrogen-bond acceptors (Lipinski definition) is 3. The van der Waals surface area contributed by atoms with Gasteiger partial charge in [-0.15, -0.1) is 0 Å². The highest BCUT2D eigenvalue weighted by Gasteiger charge is 2.15. The van der Waals surface area contributed by atoms with Crippen LogP contribution in [-0.2, 0) is 11.3 Å².